The van der Waals surface area contributed by atoms with Gasteiger partial charge in [-0.2, -0.15) is 0 Å². The molecule has 1 aromatic heterocycles. The van der Waals surface area contributed by atoms with E-state index in [4.69, 9.17) is 10.2 Å². The number of nitrogens with two attached hydrogens (primary N) is 1. The molecule has 7 heteroatoms. The molecule has 0 saturated heterocycles. The number of furan rings is 1. The van der Waals surface area contributed by atoms with Crippen molar-refractivity contribution in [1.82, 2.24) is 4.72 Å². The summed E-state index contributed by atoms with van der Waals surface area (Å²) < 4.78 is 33.2. The van der Waals surface area contributed by atoms with Gasteiger partial charge in [0.2, 0.25) is 10.0 Å². The van der Waals surface area contributed by atoms with Crippen LogP contribution in [0.15, 0.2) is 44.1 Å². The van der Waals surface area contributed by atoms with Gasteiger partial charge in [0.15, 0.2) is 0 Å². The van der Waals surface area contributed by atoms with Gasteiger partial charge in [-0.15, -0.1) is 0 Å². The number of sulfonamides is 1. The van der Waals surface area contributed by atoms with Crippen molar-refractivity contribution in [3.63, 3.8) is 0 Å². The Hall–Kier alpha value is -1.15. The van der Waals surface area contributed by atoms with E-state index >= 15 is 0 Å². The summed E-state index contributed by atoms with van der Waals surface area (Å²) in [6.07, 6.45) is 0. The van der Waals surface area contributed by atoms with Crippen molar-refractivity contribution in [2.24, 2.45) is 5.73 Å². The maximum absolute atomic E-state index is 12.2. The van der Waals surface area contributed by atoms with Gasteiger partial charge in [0.25, 0.3) is 0 Å². The summed E-state index contributed by atoms with van der Waals surface area (Å²) >= 11 is 3.35. The Bertz CT molecular complexity index is 710. The number of aryl methyl sites for hydroxylation is 1. The summed E-state index contributed by atoms with van der Waals surface area (Å²) in [5.74, 6) is 0.789. The number of halogens is 1. The van der Waals surface area contributed by atoms with E-state index in [1.165, 1.54) is 6.07 Å². The predicted molar refractivity (Wildman–Crippen MR) is 79.5 cm³/mol. The fourth-order valence-electron chi connectivity index (χ4n) is 1.79. The van der Waals surface area contributed by atoms with Crippen LogP contribution in [0.2, 0.25) is 0 Å². The predicted octanol–water partition coefficient (Wildman–Crippen LogP) is 2.29. The molecule has 5 nitrogen and oxygen atoms in total. The second-order valence-electron chi connectivity index (χ2n) is 4.29. The van der Waals surface area contributed by atoms with Gasteiger partial charge in [-0.05, 0) is 24.6 Å². The summed E-state index contributed by atoms with van der Waals surface area (Å²) in [5, 5.41) is 0. The molecule has 3 N–H and O–H groups in total. The Morgan fingerprint density at radius 3 is 2.70 bits per heavy atom. The highest BCUT2D eigenvalue weighted by Gasteiger charge is 2.20. The Labute approximate surface area is 126 Å². The lowest BCUT2D eigenvalue weighted by molar-refractivity contribution is 0.478. The Kier molecular flexibility index (Phi) is 4.64. The molecule has 0 saturated carbocycles. The second-order valence-corrected chi connectivity index (χ2v) is 6.94. The van der Waals surface area contributed by atoms with Crippen molar-refractivity contribution in [2.45, 2.75) is 24.9 Å². The van der Waals surface area contributed by atoms with Gasteiger partial charge in [0.1, 0.15) is 16.4 Å². The topological polar surface area (TPSA) is 85.3 Å². The molecule has 0 bridgehead atoms. The lowest BCUT2D eigenvalue weighted by atomic mass is 10.2. The highest BCUT2D eigenvalue weighted by Crippen LogP contribution is 2.20. The van der Waals surface area contributed by atoms with Crippen molar-refractivity contribution in [3.05, 3.63) is 51.9 Å². The number of nitrogens with one attached hydrogen (secondary N) is 1. The summed E-state index contributed by atoms with van der Waals surface area (Å²) in [4.78, 5) is 0.132. The third kappa shape index (κ3) is 3.49. The maximum Gasteiger partial charge on any atom is 0.244 e. The first kappa shape index (κ1) is 15.2. The number of rotatable bonds is 5. The van der Waals surface area contributed by atoms with E-state index in [1.54, 1.807) is 6.92 Å². The van der Waals surface area contributed by atoms with Crippen LogP contribution in [-0.4, -0.2) is 8.42 Å². The molecule has 0 aliphatic heterocycles. The zero-order valence-electron chi connectivity index (χ0n) is 10.9. The molecule has 1 aromatic carbocycles. The lowest BCUT2D eigenvalue weighted by Crippen LogP contribution is -2.23. The zero-order chi connectivity index (χ0) is 14.8. The van der Waals surface area contributed by atoms with E-state index < -0.39 is 10.0 Å². The number of hydrogen-bond donors (Lipinski definition) is 2. The number of hydrogen-bond acceptors (Lipinski definition) is 4. The van der Waals surface area contributed by atoms with E-state index in [-0.39, 0.29) is 18.0 Å². The monoisotopic (exact) mass is 358 g/mol. The van der Waals surface area contributed by atoms with Crippen LogP contribution in [0.25, 0.3) is 0 Å². The van der Waals surface area contributed by atoms with Gasteiger partial charge < -0.3 is 10.2 Å². The van der Waals surface area contributed by atoms with Crippen LogP contribution in [0, 0.1) is 6.92 Å². The molecule has 0 amide bonds. The van der Waals surface area contributed by atoms with Gasteiger partial charge in [0, 0.05) is 17.1 Å². The quantitative estimate of drug-likeness (QED) is 0.858. The van der Waals surface area contributed by atoms with Crippen molar-refractivity contribution >= 4 is 26.0 Å². The first-order valence-electron chi connectivity index (χ1n) is 5.96. The van der Waals surface area contributed by atoms with E-state index in [1.807, 2.05) is 24.3 Å². The molecule has 20 heavy (non-hydrogen) atoms. The van der Waals surface area contributed by atoms with Gasteiger partial charge >= 0.3 is 0 Å². The largest absolute Gasteiger partial charge is 0.464 e. The average Bonchev–Trinajstić information content (AvgIpc) is 2.79. The fourth-order valence-corrected chi connectivity index (χ4v) is 3.46. The van der Waals surface area contributed by atoms with Gasteiger partial charge in [-0.1, -0.05) is 28.1 Å². The SMILES string of the molecule is Cc1oc(CN)cc1S(=O)(=O)NCc1cccc(Br)c1. The average molecular weight is 359 g/mol. The normalized spacial score (nSPS) is 11.8. The maximum atomic E-state index is 12.2. The summed E-state index contributed by atoms with van der Waals surface area (Å²) in [7, 11) is -3.61. The molecule has 1 heterocycles. The molecule has 2 aromatic rings. The molecule has 2 rings (SSSR count). The highest BCUT2D eigenvalue weighted by atomic mass is 79.9. The summed E-state index contributed by atoms with van der Waals surface area (Å²) in [6, 6.07) is 8.89. The standard InChI is InChI=1S/C13H15BrN2O3S/c1-9-13(6-12(7-15)19-9)20(17,18)16-8-10-3-2-4-11(14)5-10/h2-6,16H,7-8,15H2,1H3. The molecule has 0 spiro atoms. The highest BCUT2D eigenvalue weighted by molar-refractivity contribution is 9.10. The van der Waals surface area contributed by atoms with Crippen molar-refractivity contribution < 1.29 is 12.8 Å². The van der Waals surface area contributed by atoms with E-state index in [2.05, 4.69) is 20.7 Å². The first-order chi connectivity index (χ1) is 9.42. The van der Waals surface area contributed by atoms with Gasteiger partial charge in [-0.25, -0.2) is 13.1 Å². The van der Waals surface area contributed by atoms with Crippen LogP contribution in [0.4, 0.5) is 0 Å². The number of benzene rings is 1. The van der Waals surface area contributed by atoms with Crippen LogP contribution >= 0.6 is 15.9 Å². The van der Waals surface area contributed by atoms with E-state index in [9.17, 15) is 8.42 Å². The smallest absolute Gasteiger partial charge is 0.244 e. The second kappa shape index (κ2) is 6.09. The van der Waals surface area contributed by atoms with Crippen molar-refractivity contribution in [2.75, 3.05) is 0 Å². The van der Waals surface area contributed by atoms with Crippen LogP contribution < -0.4 is 10.5 Å². The molecule has 0 aliphatic carbocycles. The molecular weight excluding hydrogens is 344 g/mol. The third-order valence-corrected chi connectivity index (χ3v) is 4.77. The molecule has 0 radical (unpaired) electrons. The van der Waals surface area contributed by atoms with Gasteiger partial charge in [0.05, 0.1) is 6.54 Å². The zero-order valence-corrected chi connectivity index (χ0v) is 13.3. The van der Waals surface area contributed by atoms with Crippen LogP contribution in [0.5, 0.6) is 0 Å². The van der Waals surface area contributed by atoms with Crippen LogP contribution in [0.3, 0.4) is 0 Å². The molecule has 0 atom stereocenters. The third-order valence-electron chi connectivity index (χ3n) is 2.77. The van der Waals surface area contributed by atoms with E-state index in [0.29, 0.717) is 11.5 Å². The minimum Gasteiger partial charge on any atom is -0.464 e. The lowest BCUT2D eigenvalue weighted by Gasteiger charge is -2.06. The van der Waals surface area contributed by atoms with Crippen molar-refractivity contribution in [1.29, 1.82) is 0 Å². The summed E-state index contributed by atoms with van der Waals surface area (Å²) in [5.41, 5.74) is 6.31. The molecular formula is C13H15BrN2O3S. The molecule has 0 unspecified atom stereocenters. The molecule has 0 fully saturated rings. The Morgan fingerprint density at radius 1 is 1.35 bits per heavy atom. The molecule has 0 aliphatic rings. The minimum absolute atomic E-state index is 0.132. The van der Waals surface area contributed by atoms with Crippen molar-refractivity contribution in [3.8, 4) is 0 Å². The first-order valence-corrected chi connectivity index (χ1v) is 8.23. The van der Waals surface area contributed by atoms with E-state index in [0.717, 1.165) is 10.0 Å². The Morgan fingerprint density at radius 2 is 2.10 bits per heavy atom. The minimum atomic E-state index is -3.61. The van der Waals surface area contributed by atoms with Crippen LogP contribution in [0.1, 0.15) is 17.1 Å². The van der Waals surface area contributed by atoms with Gasteiger partial charge in [-0.3, -0.25) is 0 Å². The molecule has 108 valence electrons. The fraction of sp³-hybridized carbons (Fsp3) is 0.231. The summed E-state index contributed by atoms with van der Waals surface area (Å²) in [6.45, 7) is 1.99. The Balaban J connectivity index is 2.17. The van der Waals surface area contributed by atoms with Crippen LogP contribution in [-0.2, 0) is 23.1 Å².